The molecule has 8 nitrogen and oxygen atoms in total. The molecule has 8 heteroatoms. The largest absolute Gasteiger partial charge is 0.398 e. The molecule has 3 heterocycles. The van der Waals surface area contributed by atoms with Gasteiger partial charge in [-0.3, -0.25) is 9.36 Å². The summed E-state index contributed by atoms with van der Waals surface area (Å²) in [6.07, 6.45) is 9.70. The Morgan fingerprint density at radius 3 is 2.85 bits per heavy atom. The minimum atomic E-state index is 0.523. The van der Waals surface area contributed by atoms with Crippen LogP contribution in [0.2, 0.25) is 0 Å². The molecule has 0 amide bonds. The van der Waals surface area contributed by atoms with Crippen molar-refractivity contribution < 1.29 is 0 Å². The first-order chi connectivity index (χ1) is 12.7. The van der Waals surface area contributed by atoms with E-state index in [4.69, 9.17) is 5.73 Å². The number of hydrogen-bond acceptors (Lipinski definition) is 6. The van der Waals surface area contributed by atoms with Crippen LogP contribution in [-0.2, 0) is 7.05 Å². The predicted molar refractivity (Wildman–Crippen MR) is 99.9 cm³/mol. The Bertz CT molecular complexity index is 1110. The van der Waals surface area contributed by atoms with E-state index in [0.29, 0.717) is 17.7 Å². The Labute approximate surface area is 149 Å². The molecule has 0 unspecified atom stereocenters. The van der Waals surface area contributed by atoms with Crippen LogP contribution in [0.5, 0.6) is 0 Å². The minimum Gasteiger partial charge on any atom is -0.398 e. The van der Waals surface area contributed by atoms with E-state index in [1.54, 1.807) is 18.6 Å². The van der Waals surface area contributed by atoms with Gasteiger partial charge in [-0.1, -0.05) is 0 Å². The third-order valence-electron chi connectivity index (χ3n) is 4.63. The van der Waals surface area contributed by atoms with Gasteiger partial charge < -0.3 is 11.1 Å². The smallest absolute Gasteiger partial charge is 0.227 e. The van der Waals surface area contributed by atoms with E-state index in [1.807, 2.05) is 40.8 Å². The van der Waals surface area contributed by atoms with Crippen LogP contribution in [0.3, 0.4) is 0 Å². The number of benzene rings is 1. The van der Waals surface area contributed by atoms with E-state index in [1.165, 1.54) is 12.8 Å². The van der Waals surface area contributed by atoms with Crippen LogP contribution in [0.1, 0.15) is 18.9 Å². The summed E-state index contributed by atoms with van der Waals surface area (Å²) in [5.41, 5.74) is 10.5. The number of fused-ring (bicyclic) bond motifs is 1. The van der Waals surface area contributed by atoms with Crippen LogP contribution in [-0.4, -0.2) is 29.5 Å². The molecule has 4 aromatic rings. The molecule has 1 aliphatic carbocycles. The minimum absolute atomic E-state index is 0.523. The van der Waals surface area contributed by atoms with Crippen molar-refractivity contribution in [2.24, 2.45) is 7.05 Å². The molecule has 130 valence electrons. The maximum atomic E-state index is 6.22. The molecule has 1 saturated carbocycles. The molecule has 26 heavy (non-hydrogen) atoms. The van der Waals surface area contributed by atoms with E-state index < -0.39 is 0 Å². The Balaban J connectivity index is 1.51. The molecule has 1 aliphatic rings. The van der Waals surface area contributed by atoms with Gasteiger partial charge in [0.25, 0.3) is 0 Å². The van der Waals surface area contributed by atoms with Crippen LogP contribution in [0.15, 0.2) is 43.0 Å². The lowest BCUT2D eigenvalue weighted by molar-refractivity contribution is 0.642. The molecule has 1 fully saturated rings. The van der Waals surface area contributed by atoms with Gasteiger partial charge in [-0.2, -0.15) is 10.2 Å². The highest BCUT2D eigenvalue weighted by molar-refractivity contribution is 5.94. The van der Waals surface area contributed by atoms with Gasteiger partial charge in [-0.05, 0) is 31.0 Å². The second kappa shape index (κ2) is 5.55. The Morgan fingerprint density at radius 1 is 1.19 bits per heavy atom. The maximum Gasteiger partial charge on any atom is 0.227 e. The average Bonchev–Trinajstić information content (AvgIpc) is 3.22. The number of hydrogen-bond donors (Lipinski definition) is 2. The number of nitrogens with two attached hydrogens (primary N) is 1. The Morgan fingerprint density at radius 2 is 2.08 bits per heavy atom. The molecule has 1 aromatic carbocycles. The highest BCUT2D eigenvalue weighted by Gasteiger charge is 2.24. The first kappa shape index (κ1) is 14.9. The summed E-state index contributed by atoms with van der Waals surface area (Å²) in [5.74, 6) is 0.523. The molecule has 5 rings (SSSR count). The van der Waals surface area contributed by atoms with Gasteiger partial charge in [0.15, 0.2) is 0 Å². The molecule has 0 atom stereocenters. The molecule has 0 saturated heterocycles. The summed E-state index contributed by atoms with van der Waals surface area (Å²) in [5, 5.41) is 12.6. The SMILES string of the molecule is Cn1nccc1-c1cc(N)c2cnc(Nc3cnn(C4CC4)c3)nc2c1. The molecule has 0 radical (unpaired) electrons. The molecule has 0 aliphatic heterocycles. The highest BCUT2D eigenvalue weighted by Crippen LogP contribution is 2.35. The monoisotopic (exact) mass is 346 g/mol. The summed E-state index contributed by atoms with van der Waals surface area (Å²) < 4.78 is 3.80. The molecule has 0 spiro atoms. The number of aromatic nitrogens is 6. The highest BCUT2D eigenvalue weighted by atomic mass is 15.3. The predicted octanol–water partition coefficient (Wildman–Crippen LogP) is 2.89. The zero-order valence-corrected chi connectivity index (χ0v) is 14.3. The summed E-state index contributed by atoms with van der Waals surface area (Å²) >= 11 is 0. The van der Waals surface area contributed by atoms with Crippen molar-refractivity contribution in [3.8, 4) is 11.3 Å². The topological polar surface area (TPSA) is 99.5 Å². The van der Waals surface area contributed by atoms with Crippen molar-refractivity contribution in [3.05, 3.63) is 43.0 Å². The lowest BCUT2D eigenvalue weighted by Crippen LogP contribution is -1.99. The number of aryl methyl sites for hydroxylation is 1. The molecular weight excluding hydrogens is 328 g/mol. The second-order valence-corrected chi connectivity index (χ2v) is 6.60. The first-order valence-electron chi connectivity index (χ1n) is 8.53. The summed E-state index contributed by atoms with van der Waals surface area (Å²) in [7, 11) is 1.90. The number of rotatable bonds is 4. The normalized spacial score (nSPS) is 14.0. The Hall–Kier alpha value is -3.42. The summed E-state index contributed by atoms with van der Waals surface area (Å²) in [4.78, 5) is 9.02. The van der Waals surface area contributed by atoms with Gasteiger partial charge in [0.05, 0.1) is 29.1 Å². The molecule has 3 N–H and O–H groups in total. The third-order valence-corrected chi connectivity index (χ3v) is 4.63. The van der Waals surface area contributed by atoms with Crippen molar-refractivity contribution in [3.63, 3.8) is 0 Å². The number of nitrogen functional groups attached to an aromatic ring is 1. The fourth-order valence-corrected chi connectivity index (χ4v) is 3.10. The second-order valence-electron chi connectivity index (χ2n) is 6.60. The van der Waals surface area contributed by atoms with Crippen LogP contribution >= 0.6 is 0 Å². The fraction of sp³-hybridized carbons (Fsp3) is 0.222. The zero-order chi connectivity index (χ0) is 17.7. The maximum absolute atomic E-state index is 6.22. The van der Waals surface area contributed by atoms with Gasteiger partial charge in [0.1, 0.15) is 0 Å². The number of nitrogens with zero attached hydrogens (tertiary/aromatic N) is 6. The van der Waals surface area contributed by atoms with E-state index in [9.17, 15) is 0 Å². The lowest BCUT2D eigenvalue weighted by atomic mass is 10.1. The lowest BCUT2D eigenvalue weighted by Gasteiger charge is -2.08. The van der Waals surface area contributed by atoms with Gasteiger partial charge >= 0.3 is 0 Å². The van der Waals surface area contributed by atoms with Crippen molar-refractivity contribution >= 4 is 28.2 Å². The quantitative estimate of drug-likeness (QED) is 0.551. The molecule has 3 aromatic heterocycles. The van der Waals surface area contributed by atoms with Crippen molar-refractivity contribution in [1.29, 1.82) is 0 Å². The van der Waals surface area contributed by atoms with E-state index >= 15 is 0 Å². The van der Waals surface area contributed by atoms with Crippen molar-refractivity contribution in [2.75, 3.05) is 11.1 Å². The molecule has 0 bridgehead atoms. The zero-order valence-electron chi connectivity index (χ0n) is 14.3. The van der Waals surface area contributed by atoms with Gasteiger partial charge in [-0.25, -0.2) is 9.97 Å². The fourth-order valence-electron chi connectivity index (χ4n) is 3.10. The van der Waals surface area contributed by atoms with Crippen molar-refractivity contribution in [1.82, 2.24) is 29.5 Å². The number of anilines is 3. The summed E-state index contributed by atoms with van der Waals surface area (Å²) in [6, 6.07) is 6.43. The van der Waals surface area contributed by atoms with Crippen LogP contribution in [0.4, 0.5) is 17.3 Å². The van der Waals surface area contributed by atoms with Gasteiger partial charge in [-0.15, -0.1) is 0 Å². The van der Waals surface area contributed by atoms with E-state index in [0.717, 1.165) is 27.8 Å². The Kier molecular flexibility index (Phi) is 3.18. The van der Waals surface area contributed by atoms with E-state index in [-0.39, 0.29) is 0 Å². The van der Waals surface area contributed by atoms with Gasteiger partial charge in [0.2, 0.25) is 5.95 Å². The summed E-state index contributed by atoms with van der Waals surface area (Å²) in [6.45, 7) is 0. The molecular formula is C18H18N8. The van der Waals surface area contributed by atoms with Crippen molar-refractivity contribution in [2.45, 2.75) is 18.9 Å². The van der Waals surface area contributed by atoms with Crippen LogP contribution < -0.4 is 11.1 Å². The van der Waals surface area contributed by atoms with Gasteiger partial charge in [0, 0.05) is 42.3 Å². The average molecular weight is 346 g/mol. The van der Waals surface area contributed by atoms with Crippen LogP contribution in [0, 0.1) is 0 Å². The standard InChI is InChI=1S/C18H18N8/c1-25-17(4-5-21-25)11-6-15(19)14-9-20-18(24-16(14)7-11)23-12-8-22-26(10-12)13-2-3-13/h4-10,13H,2-3,19H2,1H3,(H,20,23,24). The van der Waals surface area contributed by atoms with E-state index in [2.05, 4.69) is 25.5 Å². The van der Waals surface area contributed by atoms with Crippen LogP contribution in [0.25, 0.3) is 22.2 Å². The third kappa shape index (κ3) is 2.55. The number of nitrogens with one attached hydrogen (secondary N) is 1. The first-order valence-corrected chi connectivity index (χ1v) is 8.53.